The van der Waals surface area contributed by atoms with Gasteiger partial charge in [-0.3, -0.25) is 0 Å². The summed E-state index contributed by atoms with van der Waals surface area (Å²) in [6.45, 7) is 1.67. The molecular weight excluding hydrogens is 255 g/mol. The van der Waals surface area contributed by atoms with Crippen molar-refractivity contribution in [1.29, 1.82) is 0 Å². The molecule has 19 heavy (non-hydrogen) atoms. The number of ether oxygens (including phenoxy) is 1. The topological polar surface area (TPSA) is 22.1 Å². The van der Waals surface area contributed by atoms with Crippen LogP contribution in [0.15, 0.2) is 42.6 Å². The minimum atomic E-state index is -4.43. The molecule has 0 bridgehead atoms. The lowest BCUT2D eigenvalue weighted by Gasteiger charge is -2.11. The van der Waals surface area contributed by atoms with Crippen LogP contribution < -0.4 is 4.74 Å². The Morgan fingerprint density at radius 1 is 1.16 bits per heavy atom. The zero-order chi connectivity index (χ0) is 13.9. The van der Waals surface area contributed by atoms with Gasteiger partial charge in [0, 0.05) is 0 Å². The minimum Gasteiger partial charge on any atom is -0.487 e. The van der Waals surface area contributed by atoms with Crippen LogP contribution in [0.3, 0.4) is 0 Å². The maximum absolute atomic E-state index is 12.5. The molecule has 5 heteroatoms. The fourth-order valence-electron chi connectivity index (χ4n) is 1.67. The molecule has 0 saturated carbocycles. The van der Waals surface area contributed by atoms with E-state index in [1.165, 1.54) is 13.0 Å². The maximum Gasteiger partial charge on any atom is 0.433 e. The predicted molar refractivity (Wildman–Crippen MR) is 64.8 cm³/mol. The van der Waals surface area contributed by atoms with Gasteiger partial charge >= 0.3 is 6.18 Å². The first-order valence-electron chi connectivity index (χ1n) is 5.67. The standard InChI is InChI=1S/C14H12F3NO/c1-10-7-12(8-18-13(10)14(15,16)17)19-9-11-5-3-2-4-6-11/h2-8H,9H2,1H3. The Bertz CT molecular complexity index is 552. The van der Waals surface area contributed by atoms with Crippen molar-refractivity contribution < 1.29 is 17.9 Å². The summed E-state index contributed by atoms with van der Waals surface area (Å²) in [4.78, 5) is 3.41. The Kier molecular flexibility index (Phi) is 3.74. The van der Waals surface area contributed by atoms with Crippen molar-refractivity contribution >= 4 is 0 Å². The fourth-order valence-corrected chi connectivity index (χ4v) is 1.67. The molecule has 2 nitrogen and oxygen atoms in total. The normalized spacial score (nSPS) is 11.4. The summed E-state index contributed by atoms with van der Waals surface area (Å²) in [6, 6.07) is 10.7. The van der Waals surface area contributed by atoms with Gasteiger partial charge in [0.1, 0.15) is 18.1 Å². The average molecular weight is 267 g/mol. The number of nitrogens with zero attached hydrogens (tertiary/aromatic N) is 1. The molecule has 1 heterocycles. The number of alkyl halides is 3. The van der Waals surface area contributed by atoms with Gasteiger partial charge in [-0.2, -0.15) is 13.2 Å². The number of hydrogen-bond acceptors (Lipinski definition) is 2. The number of halogens is 3. The van der Waals surface area contributed by atoms with E-state index in [1.807, 2.05) is 30.3 Å². The Morgan fingerprint density at radius 2 is 1.84 bits per heavy atom. The lowest BCUT2D eigenvalue weighted by atomic mass is 10.2. The van der Waals surface area contributed by atoms with Gasteiger partial charge in [0.2, 0.25) is 0 Å². The molecule has 0 N–H and O–H groups in total. The summed E-state index contributed by atoms with van der Waals surface area (Å²) in [5.41, 5.74) is 0.123. The number of benzene rings is 1. The van der Waals surface area contributed by atoms with Crippen LogP contribution in [-0.4, -0.2) is 4.98 Å². The Labute approximate surface area is 108 Å². The number of aromatic nitrogens is 1. The third-order valence-corrected chi connectivity index (χ3v) is 2.57. The molecule has 100 valence electrons. The summed E-state index contributed by atoms with van der Waals surface area (Å²) in [7, 11) is 0. The van der Waals surface area contributed by atoms with E-state index < -0.39 is 11.9 Å². The van der Waals surface area contributed by atoms with E-state index in [4.69, 9.17) is 4.74 Å². The number of pyridine rings is 1. The highest BCUT2D eigenvalue weighted by atomic mass is 19.4. The average Bonchev–Trinajstić information content (AvgIpc) is 2.36. The predicted octanol–water partition coefficient (Wildman–Crippen LogP) is 3.99. The van der Waals surface area contributed by atoms with E-state index in [0.29, 0.717) is 12.4 Å². The minimum absolute atomic E-state index is 0.0538. The zero-order valence-electron chi connectivity index (χ0n) is 10.2. The number of aryl methyl sites for hydroxylation is 1. The van der Waals surface area contributed by atoms with E-state index in [-0.39, 0.29) is 5.56 Å². The molecule has 0 aliphatic rings. The van der Waals surface area contributed by atoms with Gasteiger partial charge in [-0.25, -0.2) is 4.98 Å². The van der Waals surface area contributed by atoms with Crippen LogP contribution >= 0.6 is 0 Å². The van der Waals surface area contributed by atoms with Crippen LogP contribution in [0.1, 0.15) is 16.8 Å². The van der Waals surface area contributed by atoms with Gasteiger partial charge in [0.05, 0.1) is 6.20 Å². The second-order valence-electron chi connectivity index (χ2n) is 4.11. The first-order valence-corrected chi connectivity index (χ1v) is 5.67. The van der Waals surface area contributed by atoms with Gasteiger partial charge < -0.3 is 4.74 Å². The molecule has 1 aromatic carbocycles. The Morgan fingerprint density at radius 3 is 2.42 bits per heavy atom. The summed E-state index contributed by atoms with van der Waals surface area (Å²) >= 11 is 0. The number of hydrogen-bond donors (Lipinski definition) is 0. The van der Waals surface area contributed by atoms with Gasteiger partial charge in [-0.1, -0.05) is 30.3 Å². The molecule has 0 spiro atoms. The Hall–Kier alpha value is -2.04. The van der Waals surface area contributed by atoms with Crippen LogP contribution in [-0.2, 0) is 12.8 Å². The summed E-state index contributed by atoms with van der Waals surface area (Å²) < 4.78 is 43.0. The lowest BCUT2D eigenvalue weighted by molar-refractivity contribution is -0.141. The molecule has 0 fully saturated rings. The molecule has 0 radical (unpaired) electrons. The molecule has 0 atom stereocenters. The zero-order valence-corrected chi connectivity index (χ0v) is 10.2. The lowest BCUT2D eigenvalue weighted by Crippen LogP contribution is -2.10. The van der Waals surface area contributed by atoms with Gasteiger partial charge in [-0.15, -0.1) is 0 Å². The van der Waals surface area contributed by atoms with Crippen molar-refractivity contribution in [3.05, 3.63) is 59.4 Å². The van der Waals surface area contributed by atoms with E-state index in [9.17, 15) is 13.2 Å². The summed E-state index contributed by atoms with van der Waals surface area (Å²) in [6.07, 6.45) is -3.33. The molecule has 0 aliphatic carbocycles. The van der Waals surface area contributed by atoms with E-state index in [1.54, 1.807) is 0 Å². The number of rotatable bonds is 3. The third kappa shape index (κ3) is 3.47. The highest BCUT2D eigenvalue weighted by Gasteiger charge is 2.34. The highest BCUT2D eigenvalue weighted by Crippen LogP contribution is 2.31. The Balaban J connectivity index is 2.09. The maximum atomic E-state index is 12.5. The van der Waals surface area contributed by atoms with Crippen molar-refractivity contribution in [2.75, 3.05) is 0 Å². The van der Waals surface area contributed by atoms with Gasteiger partial charge in [-0.05, 0) is 24.1 Å². The molecule has 0 aliphatic heterocycles. The van der Waals surface area contributed by atoms with Crippen LogP contribution in [0.4, 0.5) is 13.2 Å². The van der Waals surface area contributed by atoms with Crippen molar-refractivity contribution in [3.8, 4) is 5.75 Å². The first-order chi connectivity index (χ1) is 8.97. The van der Waals surface area contributed by atoms with Crippen molar-refractivity contribution in [2.45, 2.75) is 19.7 Å². The smallest absolute Gasteiger partial charge is 0.433 e. The van der Waals surface area contributed by atoms with Crippen molar-refractivity contribution in [3.63, 3.8) is 0 Å². The van der Waals surface area contributed by atoms with Crippen molar-refractivity contribution in [1.82, 2.24) is 4.98 Å². The first kappa shape index (κ1) is 13.4. The SMILES string of the molecule is Cc1cc(OCc2ccccc2)cnc1C(F)(F)F. The third-order valence-electron chi connectivity index (χ3n) is 2.57. The van der Waals surface area contributed by atoms with E-state index >= 15 is 0 Å². The van der Waals surface area contributed by atoms with Crippen molar-refractivity contribution in [2.24, 2.45) is 0 Å². The molecular formula is C14H12F3NO. The second-order valence-corrected chi connectivity index (χ2v) is 4.11. The van der Waals surface area contributed by atoms with Gasteiger partial charge in [0.25, 0.3) is 0 Å². The molecule has 0 saturated heterocycles. The quantitative estimate of drug-likeness (QED) is 0.839. The van der Waals surface area contributed by atoms with E-state index in [0.717, 1.165) is 11.8 Å². The van der Waals surface area contributed by atoms with Crippen LogP contribution in [0.5, 0.6) is 5.75 Å². The highest BCUT2D eigenvalue weighted by molar-refractivity contribution is 5.30. The van der Waals surface area contributed by atoms with Crippen LogP contribution in [0, 0.1) is 6.92 Å². The summed E-state index contributed by atoms with van der Waals surface area (Å²) in [5.74, 6) is 0.328. The molecule has 2 rings (SSSR count). The van der Waals surface area contributed by atoms with Crippen LogP contribution in [0.25, 0.3) is 0 Å². The monoisotopic (exact) mass is 267 g/mol. The second kappa shape index (κ2) is 5.30. The van der Waals surface area contributed by atoms with Gasteiger partial charge in [0.15, 0.2) is 0 Å². The fraction of sp³-hybridized carbons (Fsp3) is 0.214. The summed E-state index contributed by atoms with van der Waals surface area (Å²) in [5, 5.41) is 0. The molecule has 2 aromatic rings. The molecule has 0 amide bonds. The molecule has 0 unspecified atom stereocenters. The largest absolute Gasteiger partial charge is 0.487 e. The van der Waals surface area contributed by atoms with Crippen LogP contribution in [0.2, 0.25) is 0 Å². The molecule has 1 aromatic heterocycles. The van der Waals surface area contributed by atoms with E-state index in [2.05, 4.69) is 4.98 Å².